The Morgan fingerprint density at radius 2 is 1.67 bits per heavy atom. The van der Waals surface area contributed by atoms with Gasteiger partial charge in [-0.15, -0.1) is 0 Å². The van der Waals surface area contributed by atoms with Gasteiger partial charge >= 0.3 is 6.09 Å². The van der Waals surface area contributed by atoms with E-state index in [0.29, 0.717) is 0 Å². The third-order valence-electron chi connectivity index (χ3n) is 4.45. The highest BCUT2D eigenvalue weighted by Gasteiger charge is 2.50. The van der Waals surface area contributed by atoms with E-state index in [9.17, 15) is 9.90 Å². The van der Waals surface area contributed by atoms with Crippen LogP contribution in [0.3, 0.4) is 0 Å². The number of rotatable bonds is 2. The molecule has 1 amide bonds. The maximum Gasteiger partial charge on any atom is 0.408 e. The molecule has 0 aromatic rings. The van der Waals surface area contributed by atoms with E-state index in [4.69, 9.17) is 4.74 Å². The molecule has 0 aromatic heterocycles. The van der Waals surface area contributed by atoms with Crippen LogP contribution in [0, 0.1) is 5.41 Å². The van der Waals surface area contributed by atoms with Crippen molar-refractivity contribution in [2.24, 2.45) is 5.41 Å². The minimum Gasteiger partial charge on any atom is -0.443 e. The summed E-state index contributed by atoms with van der Waals surface area (Å²) < 4.78 is 5.70. The van der Waals surface area contributed by atoms with Crippen molar-refractivity contribution in [3.05, 3.63) is 0 Å². The number of aliphatic hydroxyl groups excluding tert-OH is 1. The Kier molecular flexibility index (Phi) is 3.34. The van der Waals surface area contributed by atoms with Gasteiger partial charge in [-0.3, -0.25) is 0 Å². The fourth-order valence-electron chi connectivity index (χ4n) is 3.15. The van der Waals surface area contributed by atoms with Gasteiger partial charge in [0.05, 0.1) is 0 Å². The number of ether oxygens (including phenoxy) is 1. The van der Waals surface area contributed by atoms with Gasteiger partial charge in [0.25, 0.3) is 0 Å². The smallest absolute Gasteiger partial charge is 0.408 e. The molecule has 3 aliphatic carbocycles. The summed E-state index contributed by atoms with van der Waals surface area (Å²) >= 11 is 0. The number of carbonyl (C=O) groups is 1. The first-order valence-corrected chi connectivity index (χ1v) is 6.90. The molecule has 3 fully saturated rings. The predicted octanol–water partition coefficient (Wildman–Crippen LogP) is 2.60. The van der Waals surface area contributed by atoms with Crippen molar-refractivity contribution in [2.45, 2.75) is 70.4 Å². The highest BCUT2D eigenvalue weighted by atomic mass is 16.6. The van der Waals surface area contributed by atoms with Crippen molar-refractivity contribution in [1.29, 1.82) is 0 Å². The van der Waals surface area contributed by atoms with E-state index >= 15 is 0 Å². The lowest BCUT2D eigenvalue weighted by Crippen LogP contribution is -2.52. The van der Waals surface area contributed by atoms with Crippen LogP contribution in [0.5, 0.6) is 0 Å². The number of alkyl carbamates (subject to hydrolysis) is 1. The first-order valence-electron chi connectivity index (χ1n) is 6.90. The number of hydrogen-bond acceptors (Lipinski definition) is 3. The average molecular weight is 255 g/mol. The maximum absolute atomic E-state index is 11.9. The predicted molar refractivity (Wildman–Crippen MR) is 69.3 cm³/mol. The zero-order chi connectivity index (χ0) is 13.4. The molecule has 3 aliphatic rings. The quantitative estimate of drug-likeness (QED) is 0.797. The van der Waals surface area contributed by atoms with Crippen molar-refractivity contribution in [1.82, 2.24) is 5.32 Å². The summed E-state index contributed by atoms with van der Waals surface area (Å²) in [6, 6.07) is 0. The van der Waals surface area contributed by atoms with Gasteiger partial charge in [0.1, 0.15) is 5.60 Å². The van der Waals surface area contributed by atoms with Crippen molar-refractivity contribution >= 4 is 6.09 Å². The minimum absolute atomic E-state index is 0.117. The van der Waals surface area contributed by atoms with E-state index < -0.39 is 0 Å². The van der Waals surface area contributed by atoms with Crippen LogP contribution in [0.15, 0.2) is 0 Å². The molecule has 2 bridgehead atoms. The van der Waals surface area contributed by atoms with E-state index in [1.54, 1.807) is 0 Å². The SMILES string of the molecule is CC(C)(C)NC(=O)OC12CCC(CO)(CC1)CC2. The Labute approximate surface area is 109 Å². The van der Waals surface area contributed by atoms with Crippen LogP contribution in [0.4, 0.5) is 4.79 Å². The van der Waals surface area contributed by atoms with Gasteiger partial charge in [-0.1, -0.05) is 0 Å². The van der Waals surface area contributed by atoms with Gasteiger partial charge in [-0.05, 0) is 64.7 Å². The number of carbonyl (C=O) groups excluding carboxylic acids is 1. The normalized spacial score (nSPS) is 35.3. The average Bonchev–Trinajstić information content (AvgIpc) is 2.28. The van der Waals surface area contributed by atoms with E-state index in [-0.39, 0.29) is 29.3 Å². The Balaban J connectivity index is 1.93. The molecule has 0 aromatic carbocycles. The van der Waals surface area contributed by atoms with Crippen molar-refractivity contribution in [3.63, 3.8) is 0 Å². The van der Waals surface area contributed by atoms with Crippen LogP contribution < -0.4 is 5.32 Å². The van der Waals surface area contributed by atoms with Gasteiger partial charge < -0.3 is 15.2 Å². The van der Waals surface area contributed by atoms with Crippen LogP contribution in [0.1, 0.15) is 59.3 Å². The molecular weight excluding hydrogens is 230 g/mol. The summed E-state index contributed by atoms with van der Waals surface area (Å²) in [6.45, 7) is 6.12. The Hall–Kier alpha value is -0.770. The highest BCUT2D eigenvalue weighted by Crippen LogP contribution is 2.53. The Bertz CT molecular complexity index is 308. The van der Waals surface area contributed by atoms with Gasteiger partial charge in [-0.25, -0.2) is 4.79 Å². The van der Waals surface area contributed by atoms with E-state index in [1.165, 1.54) is 0 Å². The number of aliphatic hydroxyl groups is 1. The first kappa shape index (κ1) is 13.7. The Morgan fingerprint density at radius 1 is 1.17 bits per heavy atom. The molecular formula is C14H25NO3. The summed E-state index contributed by atoms with van der Waals surface area (Å²) in [5, 5.41) is 12.3. The van der Waals surface area contributed by atoms with Crippen LogP contribution >= 0.6 is 0 Å². The first-order chi connectivity index (χ1) is 8.28. The monoisotopic (exact) mass is 255 g/mol. The number of fused-ring (bicyclic) bond motifs is 3. The number of hydrogen-bond donors (Lipinski definition) is 2. The third kappa shape index (κ3) is 2.79. The molecule has 18 heavy (non-hydrogen) atoms. The van der Waals surface area contributed by atoms with Crippen LogP contribution in [-0.4, -0.2) is 28.9 Å². The summed E-state index contributed by atoms with van der Waals surface area (Å²) in [6.07, 6.45) is 5.31. The molecule has 0 heterocycles. The zero-order valence-electron chi connectivity index (χ0n) is 11.7. The van der Waals surface area contributed by atoms with Crippen molar-refractivity contribution in [2.75, 3.05) is 6.61 Å². The molecule has 0 spiro atoms. The summed E-state index contributed by atoms with van der Waals surface area (Å²) in [5.41, 5.74) is -0.413. The van der Waals surface area contributed by atoms with Crippen LogP contribution in [-0.2, 0) is 4.74 Å². The fraction of sp³-hybridized carbons (Fsp3) is 0.929. The van der Waals surface area contributed by atoms with Crippen molar-refractivity contribution in [3.8, 4) is 0 Å². The largest absolute Gasteiger partial charge is 0.443 e. The Morgan fingerprint density at radius 3 is 2.06 bits per heavy atom. The van der Waals surface area contributed by atoms with Gasteiger partial charge in [0, 0.05) is 12.1 Å². The highest BCUT2D eigenvalue weighted by molar-refractivity contribution is 5.68. The standard InChI is InChI=1S/C14H25NO3/c1-12(2,3)15-11(17)18-14-7-4-13(10-16,5-8-14)6-9-14/h16H,4-10H2,1-3H3,(H,15,17). The number of amides is 1. The van der Waals surface area contributed by atoms with E-state index in [1.807, 2.05) is 20.8 Å². The molecule has 0 unspecified atom stereocenters. The molecule has 0 atom stereocenters. The molecule has 2 N–H and O–H groups in total. The molecule has 0 saturated heterocycles. The zero-order valence-corrected chi connectivity index (χ0v) is 11.7. The minimum atomic E-state index is -0.305. The molecule has 4 heteroatoms. The van der Waals surface area contributed by atoms with Crippen LogP contribution in [0.25, 0.3) is 0 Å². The van der Waals surface area contributed by atoms with Gasteiger partial charge in [0.15, 0.2) is 0 Å². The second kappa shape index (κ2) is 4.41. The van der Waals surface area contributed by atoms with Crippen molar-refractivity contribution < 1.29 is 14.6 Å². The summed E-state index contributed by atoms with van der Waals surface area (Å²) in [4.78, 5) is 11.9. The summed E-state index contributed by atoms with van der Waals surface area (Å²) in [5.74, 6) is 0. The molecule has 0 aliphatic heterocycles. The topological polar surface area (TPSA) is 58.6 Å². The molecule has 104 valence electrons. The molecule has 3 saturated carbocycles. The molecule has 4 nitrogen and oxygen atoms in total. The summed E-state index contributed by atoms with van der Waals surface area (Å²) in [7, 11) is 0. The second-order valence-electron chi connectivity index (χ2n) is 7.11. The molecule has 3 rings (SSSR count). The fourth-order valence-corrected chi connectivity index (χ4v) is 3.15. The maximum atomic E-state index is 11.9. The van der Waals surface area contributed by atoms with Crippen LogP contribution in [0.2, 0.25) is 0 Å². The lowest BCUT2D eigenvalue weighted by atomic mass is 9.59. The van der Waals surface area contributed by atoms with E-state index in [0.717, 1.165) is 38.5 Å². The van der Waals surface area contributed by atoms with Gasteiger partial charge in [0.2, 0.25) is 0 Å². The lowest BCUT2D eigenvalue weighted by Gasteiger charge is -2.51. The third-order valence-corrected chi connectivity index (χ3v) is 4.45. The molecule has 0 radical (unpaired) electrons. The lowest BCUT2D eigenvalue weighted by molar-refractivity contribution is -0.111. The van der Waals surface area contributed by atoms with E-state index in [2.05, 4.69) is 5.32 Å². The second-order valence-corrected chi connectivity index (χ2v) is 7.11. The van der Waals surface area contributed by atoms with Gasteiger partial charge in [-0.2, -0.15) is 0 Å². The number of nitrogens with one attached hydrogen (secondary N) is 1.